The van der Waals surface area contributed by atoms with Crippen molar-refractivity contribution in [3.8, 4) is 23.0 Å². The molecule has 2 aromatic carbocycles. The van der Waals surface area contributed by atoms with E-state index in [0.717, 1.165) is 24.0 Å². The summed E-state index contributed by atoms with van der Waals surface area (Å²) in [5.41, 5.74) is 2.21. The lowest BCUT2D eigenvalue weighted by Crippen LogP contribution is -2.27. The van der Waals surface area contributed by atoms with E-state index in [9.17, 15) is 9.59 Å². The van der Waals surface area contributed by atoms with Gasteiger partial charge in [-0.2, -0.15) is 4.98 Å². The van der Waals surface area contributed by atoms with Gasteiger partial charge in [0.1, 0.15) is 0 Å². The van der Waals surface area contributed by atoms with Crippen molar-refractivity contribution in [2.45, 2.75) is 71.3 Å². The number of hydroxylamine groups is 1. The van der Waals surface area contributed by atoms with Gasteiger partial charge in [-0.25, -0.2) is 9.86 Å². The summed E-state index contributed by atoms with van der Waals surface area (Å²) in [6.45, 7) is 2.56. The van der Waals surface area contributed by atoms with E-state index >= 15 is 0 Å². The Morgan fingerprint density at radius 2 is 1.74 bits per heavy atom. The molecule has 0 amide bonds. The van der Waals surface area contributed by atoms with Crippen molar-refractivity contribution in [3.05, 3.63) is 53.9 Å². The molecule has 0 aliphatic carbocycles. The molecule has 38 heavy (non-hydrogen) atoms. The zero-order chi connectivity index (χ0) is 26.7. The minimum Gasteiger partial charge on any atom is -0.481 e. The number of aliphatic carboxylic acids is 1. The second kappa shape index (κ2) is 13.5. The van der Waals surface area contributed by atoms with E-state index in [2.05, 4.69) is 17.1 Å². The summed E-state index contributed by atoms with van der Waals surface area (Å²) in [6.07, 6.45) is 7.48. The number of unbranched alkanes of at least 4 members (excludes halogenated alkanes) is 5. The first-order chi connectivity index (χ1) is 18.5. The number of carboxylic acid groups (broad SMARTS) is 1. The van der Waals surface area contributed by atoms with Crippen molar-refractivity contribution in [2.24, 2.45) is 0 Å². The Morgan fingerprint density at radius 1 is 0.974 bits per heavy atom. The monoisotopic (exact) mass is 523 g/mol. The van der Waals surface area contributed by atoms with Gasteiger partial charge in [0.05, 0.1) is 25.1 Å². The first-order valence-corrected chi connectivity index (χ1v) is 13.0. The fourth-order valence-electron chi connectivity index (χ4n) is 4.05. The summed E-state index contributed by atoms with van der Waals surface area (Å²) in [4.78, 5) is 33.2. The van der Waals surface area contributed by atoms with Crippen LogP contribution in [0, 0.1) is 0 Å². The number of aromatic nitrogens is 2. The summed E-state index contributed by atoms with van der Waals surface area (Å²) < 4.78 is 16.3. The van der Waals surface area contributed by atoms with E-state index in [4.69, 9.17) is 23.9 Å². The third kappa shape index (κ3) is 7.71. The number of aryl methyl sites for hydroxylation is 1. The summed E-state index contributed by atoms with van der Waals surface area (Å²) in [5.74, 6) is 0.601. The zero-order valence-electron chi connectivity index (χ0n) is 21.6. The van der Waals surface area contributed by atoms with Gasteiger partial charge in [0, 0.05) is 18.1 Å². The third-order valence-electron chi connectivity index (χ3n) is 6.15. The molecule has 1 aliphatic rings. The van der Waals surface area contributed by atoms with Crippen LogP contribution in [0.4, 0.5) is 5.69 Å². The maximum Gasteiger partial charge on any atom is 0.333 e. The van der Waals surface area contributed by atoms with Gasteiger partial charge >= 0.3 is 11.9 Å². The van der Waals surface area contributed by atoms with Crippen molar-refractivity contribution in [3.63, 3.8) is 0 Å². The Labute approximate surface area is 221 Å². The maximum atomic E-state index is 12.3. The molecule has 3 aromatic rings. The van der Waals surface area contributed by atoms with E-state index in [1.165, 1.54) is 37.2 Å². The van der Waals surface area contributed by atoms with Gasteiger partial charge in [-0.1, -0.05) is 56.3 Å². The smallest absolute Gasteiger partial charge is 0.333 e. The van der Waals surface area contributed by atoms with Crippen LogP contribution in [0.1, 0.15) is 69.7 Å². The first-order valence-electron chi connectivity index (χ1n) is 13.0. The van der Waals surface area contributed by atoms with Crippen LogP contribution in [0.25, 0.3) is 11.5 Å². The standard InChI is InChI=1S/C28H33N3O7/c1-2-3-4-5-6-7-8-25-29-28(37-30-25)21-11-9-20(10-12-21)18-31(38-27(34)16-15-26(32)33)22-13-14-23-24(17-22)36-19-35-23/h9-14,17H,2-8,15-16,18-19H2,1H3,(H,32,33). The summed E-state index contributed by atoms with van der Waals surface area (Å²) in [7, 11) is 0. The maximum absolute atomic E-state index is 12.3. The van der Waals surface area contributed by atoms with Crippen LogP contribution in [0.5, 0.6) is 11.5 Å². The molecule has 1 aliphatic heterocycles. The zero-order valence-corrected chi connectivity index (χ0v) is 21.6. The lowest BCUT2D eigenvalue weighted by Gasteiger charge is -2.23. The minimum atomic E-state index is -1.07. The molecule has 0 bridgehead atoms. The van der Waals surface area contributed by atoms with Crippen LogP contribution in [0.2, 0.25) is 0 Å². The quantitative estimate of drug-likeness (QED) is 0.196. The minimum absolute atomic E-state index is 0.120. The molecule has 10 nitrogen and oxygen atoms in total. The molecule has 0 unspecified atom stereocenters. The van der Waals surface area contributed by atoms with Gasteiger partial charge in [0.15, 0.2) is 17.3 Å². The molecule has 2 heterocycles. The Morgan fingerprint density at radius 3 is 2.53 bits per heavy atom. The molecule has 0 saturated carbocycles. The number of hydrogen-bond acceptors (Lipinski definition) is 9. The summed E-state index contributed by atoms with van der Waals surface area (Å²) in [6, 6.07) is 12.7. The highest BCUT2D eigenvalue weighted by molar-refractivity contribution is 5.77. The largest absolute Gasteiger partial charge is 0.481 e. The molecular weight excluding hydrogens is 490 g/mol. The van der Waals surface area contributed by atoms with Crippen molar-refractivity contribution in [1.82, 2.24) is 10.1 Å². The number of nitrogens with zero attached hydrogens (tertiary/aromatic N) is 3. The molecule has 0 spiro atoms. The van der Waals surface area contributed by atoms with E-state index in [-0.39, 0.29) is 26.2 Å². The van der Waals surface area contributed by atoms with Gasteiger partial charge in [-0.05, 0) is 36.2 Å². The molecular formula is C28H33N3O7. The molecule has 202 valence electrons. The number of carboxylic acids is 1. The third-order valence-corrected chi connectivity index (χ3v) is 6.15. The first kappa shape index (κ1) is 27.0. The Hall–Kier alpha value is -4.08. The molecule has 0 radical (unpaired) electrons. The predicted molar refractivity (Wildman–Crippen MR) is 139 cm³/mol. The molecule has 4 rings (SSSR count). The molecule has 10 heteroatoms. The normalized spacial score (nSPS) is 11.9. The number of rotatable bonds is 15. The Balaban J connectivity index is 1.39. The Bertz CT molecular complexity index is 1210. The highest BCUT2D eigenvalue weighted by Gasteiger charge is 2.20. The van der Waals surface area contributed by atoms with Gasteiger partial charge < -0.3 is 23.9 Å². The van der Waals surface area contributed by atoms with Crippen molar-refractivity contribution in [1.29, 1.82) is 0 Å². The number of carbonyl (C=O) groups is 2. The molecule has 0 atom stereocenters. The molecule has 1 aromatic heterocycles. The van der Waals surface area contributed by atoms with E-state index in [0.29, 0.717) is 28.9 Å². The number of anilines is 1. The topological polar surface area (TPSA) is 124 Å². The Kier molecular flexibility index (Phi) is 9.55. The van der Waals surface area contributed by atoms with Crippen molar-refractivity contribution >= 4 is 17.6 Å². The summed E-state index contributed by atoms with van der Waals surface area (Å²) >= 11 is 0. The van der Waals surface area contributed by atoms with Crippen LogP contribution in [0.3, 0.4) is 0 Å². The van der Waals surface area contributed by atoms with Crippen molar-refractivity contribution < 1.29 is 33.5 Å². The second-order valence-corrected chi connectivity index (χ2v) is 9.16. The number of ether oxygens (including phenoxy) is 2. The molecule has 1 N–H and O–H groups in total. The average Bonchev–Trinajstić information content (AvgIpc) is 3.59. The number of hydrogen-bond donors (Lipinski definition) is 1. The highest BCUT2D eigenvalue weighted by Crippen LogP contribution is 2.36. The van der Waals surface area contributed by atoms with Gasteiger partial charge in [-0.3, -0.25) is 4.79 Å². The predicted octanol–water partition coefficient (Wildman–Crippen LogP) is 5.70. The highest BCUT2D eigenvalue weighted by atomic mass is 16.7. The number of carbonyl (C=O) groups excluding carboxylic acids is 1. The fraction of sp³-hybridized carbons (Fsp3) is 0.429. The average molecular weight is 524 g/mol. The lowest BCUT2D eigenvalue weighted by atomic mass is 10.1. The van der Waals surface area contributed by atoms with Crippen LogP contribution in [-0.4, -0.2) is 34.0 Å². The number of fused-ring (bicyclic) bond motifs is 1. The van der Waals surface area contributed by atoms with Gasteiger partial charge in [0.2, 0.25) is 6.79 Å². The van der Waals surface area contributed by atoms with Crippen LogP contribution >= 0.6 is 0 Å². The number of benzene rings is 2. The molecule has 0 saturated heterocycles. The SMILES string of the molecule is CCCCCCCCc1noc(-c2ccc(CN(OC(=O)CCC(=O)O)c3ccc4c(c3)OCO4)cc2)n1. The van der Waals surface area contributed by atoms with Crippen LogP contribution in [-0.2, 0) is 27.4 Å². The van der Waals surface area contributed by atoms with E-state index in [1.54, 1.807) is 18.2 Å². The molecule has 0 fully saturated rings. The van der Waals surface area contributed by atoms with Crippen molar-refractivity contribution in [2.75, 3.05) is 11.9 Å². The van der Waals surface area contributed by atoms with Crippen LogP contribution in [0.15, 0.2) is 47.0 Å². The van der Waals surface area contributed by atoms with Gasteiger partial charge in [-0.15, -0.1) is 0 Å². The van der Waals surface area contributed by atoms with Crippen LogP contribution < -0.4 is 14.5 Å². The second-order valence-electron chi connectivity index (χ2n) is 9.16. The fourth-order valence-corrected chi connectivity index (χ4v) is 4.05. The van der Waals surface area contributed by atoms with E-state index < -0.39 is 11.9 Å². The van der Waals surface area contributed by atoms with Gasteiger partial charge in [0.25, 0.3) is 5.89 Å². The lowest BCUT2D eigenvalue weighted by molar-refractivity contribution is -0.149. The summed E-state index contributed by atoms with van der Waals surface area (Å²) in [5, 5.41) is 14.4. The van der Waals surface area contributed by atoms with E-state index in [1.807, 2.05) is 24.3 Å².